The molecule has 0 spiro atoms. The molecule has 1 aliphatic heterocycles. The Morgan fingerprint density at radius 1 is 1.21 bits per heavy atom. The van der Waals surface area contributed by atoms with E-state index in [1.807, 2.05) is 18.2 Å². The number of rotatable bonds is 5. The fourth-order valence-electron chi connectivity index (χ4n) is 3.32. The molecule has 1 aliphatic rings. The Kier molecular flexibility index (Phi) is 5.43. The zero-order valence-corrected chi connectivity index (χ0v) is 15.3. The molecule has 0 unspecified atom stereocenters. The normalized spacial score (nSPS) is 14.8. The van der Waals surface area contributed by atoms with Gasteiger partial charge in [0.1, 0.15) is 11.6 Å². The molecule has 6 nitrogen and oxygen atoms in total. The molecule has 0 aliphatic carbocycles. The Bertz CT molecular complexity index is 952. The van der Waals surface area contributed by atoms with Crippen molar-refractivity contribution >= 4 is 5.91 Å². The fraction of sp³-hybridized carbons (Fsp3) is 0.286. The molecule has 4 rings (SSSR count). The van der Waals surface area contributed by atoms with Gasteiger partial charge in [0.25, 0.3) is 0 Å². The highest BCUT2D eigenvalue weighted by Gasteiger charge is 2.22. The van der Waals surface area contributed by atoms with Crippen LogP contribution in [0.25, 0.3) is 22.6 Å². The maximum absolute atomic E-state index is 13.7. The van der Waals surface area contributed by atoms with Gasteiger partial charge in [0.05, 0.1) is 23.6 Å². The molecule has 1 saturated heterocycles. The summed E-state index contributed by atoms with van der Waals surface area (Å²) in [7, 11) is 0. The number of imidazole rings is 1. The van der Waals surface area contributed by atoms with Crippen molar-refractivity contribution in [1.82, 2.24) is 20.3 Å². The van der Waals surface area contributed by atoms with Crippen molar-refractivity contribution in [1.29, 1.82) is 0 Å². The molecule has 2 aromatic heterocycles. The summed E-state index contributed by atoms with van der Waals surface area (Å²) in [5, 5.41) is 2.94. The smallest absolute Gasteiger partial charge is 0.223 e. The molecule has 3 heterocycles. The second-order valence-corrected chi connectivity index (χ2v) is 6.74. The van der Waals surface area contributed by atoms with E-state index < -0.39 is 0 Å². The zero-order chi connectivity index (χ0) is 19.3. The summed E-state index contributed by atoms with van der Waals surface area (Å²) in [6.45, 7) is 1.50. The molecule has 28 heavy (non-hydrogen) atoms. The minimum absolute atomic E-state index is 0.00592. The van der Waals surface area contributed by atoms with Crippen LogP contribution in [0.1, 0.15) is 18.7 Å². The Hall–Kier alpha value is -3.06. The Labute approximate surface area is 162 Å². The third kappa shape index (κ3) is 4.09. The van der Waals surface area contributed by atoms with Crippen LogP contribution < -0.4 is 5.32 Å². The van der Waals surface area contributed by atoms with E-state index in [4.69, 9.17) is 4.74 Å². The number of hydrogen-bond acceptors (Lipinski definition) is 4. The van der Waals surface area contributed by atoms with Crippen molar-refractivity contribution in [3.63, 3.8) is 0 Å². The van der Waals surface area contributed by atoms with Gasteiger partial charge in [-0.3, -0.25) is 9.78 Å². The van der Waals surface area contributed by atoms with Crippen LogP contribution in [0.5, 0.6) is 0 Å². The Morgan fingerprint density at radius 3 is 2.82 bits per heavy atom. The minimum atomic E-state index is -0.332. The van der Waals surface area contributed by atoms with E-state index >= 15 is 0 Å². The maximum atomic E-state index is 13.7. The van der Waals surface area contributed by atoms with Gasteiger partial charge in [-0.05, 0) is 37.1 Å². The molecule has 7 heteroatoms. The number of benzene rings is 1. The molecular weight excluding hydrogens is 359 g/mol. The number of nitrogens with one attached hydrogen (secondary N) is 2. The summed E-state index contributed by atoms with van der Waals surface area (Å²) in [5.41, 5.74) is 2.66. The Balaban J connectivity index is 1.59. The van der Waals surface area contributed by atoms with Gasteiger partial charge in [0.15, 0.2) is 0 Å². The van der Waals surface area contributed by atoms with E-state index in [1.165, 1.54) is 12.1 Å². The predicted molar refractivity (Wildman–Crippen MR) is 103 cm³/mol. The van der Waals surface area contributed by atoms with Crippen LogP contribution >= 0.6 is 0 Å². The lowest BCUT2D eigenvalue weighted by Crippen LogP contribution is -2.34. The van der Waals surface area contributed by atoms with Crippen LogP contribution in [0.4, 0.5) is 4.39 Å². The average molecular weight is 380 g/mol. The van der Waals surface area contributed by atoms with Crippen molar-refractivity contribution in [3.05, 3.63) is 60.3 Å². The summed E-state index contributed by atoms with van der Waals surface area (Å²) in [6.07, 6.45) is 3.16. The van der Waals surface area contributed by atoms with Crippen LogP contribution in [0, 0.1) is 11.7 Å². The summed E-state index contributed by atoms with van der Waals surface area (Å²) < 4.78 is 19.0. The number of carbonyl (C=O) groups is 1. The highest BCUT2D eigenvalue weighted by molar-refractivity contribution is 5.79. The fourth-order valence-corrected chi connectivity index (χ4v) is 3.32. The zero-order valence-electron chi connectivity index (χ0n) is 15.3. The largest absolute Gasteiger partial charge is 0.381 e. The second kappa shape index (κ2) is 8.31. The first-order valence-corrected chi connectivity index (χ1v) is 9.32. The lowest BCUT2D eigenvalue weighted by Gasteiger charge is -2.20. The number of aromatic amines is 1. The Morgan fingerprint density at radius 2 is 2.07 bits per heavy atom. The first-order chi connectivity index (χ1) is 13.7. The van der Waals surface area contributed by atoms with Crippen LogP contribution in [-0.2, 0) is 16.1 Å². The topological polar surface area (TPSA) is 79.9 Å². The minimum Gasteiger partial charge on any atom is -0.381 e. The predicted octanol–water partition coefficient (Wildman–Crippen LogP) is 3.32. The third-order valence-electron chi connectivity index (χ3n) is 4.79. The van der Waals surface area contributed by atoms with E-state index in [9.17, 15) is 9.18 Å². The number of amides is 1. The maximum Gasteiger partial charge on any atom is 0.223 e. The number of halogens is 1. The summed E-state index contributed by atoms with van der Waals surface area (Å²) in [4.78, 5) is 24.6. The van der Waals surface area contributed by atoms with Gasteiger partial charge in [-0.15, -0.1) is 0 Å². The molecule has 0 saturated carbocycles. The van der Waals surface area contributed by atoms with Crippen LogP contribution in [0.2, 0.25) is 0 Å². The van der Waals surface area contributed by atoms with Gasteiger partial charge in [-0.2, -0.15) is 0 Å². The SMILES string of the molecule is O=C(NCc1nc(-c2cccc(F)c2)c(-c2ccccn2)[nH]1)C1CCOCC1. The van der Waals surface area contributed by atoms with Crippen LogP contribution in [0.15, 0.2) is 48.7 Å². The van der Waals surface area contributed by atoms with Crippen molar-refractivity contribution in [2.24, 2.45) is 5.92 Å². The number of pyridine rings is 1. The lowest BCUT2D eigenvalue weighted by atomic mass is 9.99. The summed E-state index contributed by atoms with van der Waals surface area (Å²) >= 11 is 0. The van der Waals surface area contributed by atoms with Crippen molar-refractivity contribution in [3.8, 4) is 22.6 Å². The molecule has 1 fully saturated rings. The number of H-pyrrole nitrogens is 1. The number of aromatic nitrogens is 3. The van der Waals surface area contributed by atoms with Gasteiger partial charge >= 0.3 is 0 Å². The number of carbonyl (C=O) groups excluding carboxylic acids is 1. The monoisotopic (exact) mass is 380 g/mol. The van der Waals surface area contributed by atoms with E-state index in [-0.39, 0.29) is 24.2 Å². The van der Waals surface area contributed by atoms with E-state index in [1.54, 1.807) is 18.3 Å². The van der Waals surface area contributed by atoms with Crippen molar-refractivity contribution in [2.75, 3.05) is 13.2 Å². The number of ether oxygens (including phenoxy) is 1. The van der Waals surface area contributed by atoms with Gasteiger partial charge in [-0.1, -0.05) is 18.2 Å². The van der Waals surface area contributed by atoms with Crippen molar-refractivity contribution in [2.45, 2.75) is 19.4 Å². The van der Waals surface area contributed by atoms with E-state index in [2.05, 4.69) is 20.3 Å². The number of hydrogen-bond donors (Lipinski definition) is 2. The molecule has 2 N–H and O–H groups in total. The molecule has 1 aromatic carbocycles. The molecule has 144 valence electrons. The van der Waals surface area contributed by atoms with Crippen LogP contribution in [-0.4, -0.2) is 34.1 Å². The molecule has 0 bridgehead atoms. The summed E-state index contributed by atoms with van der Waals surface area (Å²) in [6, 6.07) is 11.9. The van der Waals surface area contributed by atoms with E-state index in [0.29, 0.717) is 41.7 Å². The molecule has 1 amide bonds. The van der Waals surface area contributed by atoms with Crippen molar-refractivity contribution < 1.29 is 13.9 Å². The highest BCUT2D eigenvalue weighted by Crippen LogP contribution is 2.29. The van der Waals surface area contributed by atoms with Gasteiger partial charge in [0.2, 0.25) is 5.91 Å². The number of nitrogens with zero attached hydrogens (tertiary/aromatic N) is 2. The quantitative estimate of drug-likeness (QED) is 0.712. The molecular formula is C21H21FN4O2. The highest BCUT2D eigenvalue weighted by atomic mass is 19.1. The lowest BCUT2D eigenvalue weighted by molar-refractivity contribution is -0.128. The van der Waals surface area contributed by atoms with E-state index in [0.717, 1.165) is 12.8 Å². The molecule has 0 radical (unpaired) electrons. The van der Waals surface area contributed by atoms with Gasteiger partial charge < -0.3 is 15.0 Å². The second-order valence-electron chi connectivity index (χ2n) is 6.74. The average Bonchev–Trinajstić information content (AvgIpc) is 3.18. The van der Waals surface area contributed by atoms with Crippen LogP contribution in [0.3, 0.4) is 0 Å². The third-order valence-corrected chi connectivity index (χ3v) is 4.79. The molecule has 0 atom stereocenters. The summed E-state index contributed by atoms with van der Waals surface area (Å²) in [5.74, 6) is 0.246. The first kappa shape index (κ1) is 18.3. The van der Waals surface area contributed by atoms with Gasteiger partial charge in [-0.25, -0.2) is 9.37 Å². The molecule has 3 aromatic rings. The van der Waals surface area contributed by atoms with Gasteiger partial charge in [0, 0.05) is 30.9 Å². The first-order valence-electron chi connectivity index (χ1n) is 9.32. The standard InChI is InChI=1S/C21H21FN4O2/c22-16-5-3-4-15(12-16)19-20(17-6-1-2-9-23-17)26-18(25-19)13-24-21(27)14-7-10-28-11-8-14/h1-6,9,12,14H,7-8,10-11,13H2,(H,24,27)(H,25,26).